The molecule has 1 aromatic carbocycles. The largest absolute Gasteiger partial charge is 0.454 e. The first-order valence-electron chi connectivity index (χ1n) is 8.91. The number of rotatable bonds is 7. The second-order valence-corrected chi connectivity index (χ2v) is 7.59. The van der Waals surface area contributed by atoms with Gasteiger partial charge in [-0.15, -0.1) is 11.3 Å². The average Bonchev–Trinajstić information content (AvgIpc) is 3.44. The summed E-state index contributed by atoms with van der Waals surface area (Å²) in [5.41, 5.74) is 5.72. The number of aromatic nitrogens is 3. The molecule has 2 aromatic heterocycles. The van der Waals surface area contributed by atoms with Crippen molar-refractivity contribution < 1.29 is 18.3 Å². The van der Waals surface area contributed by atoms with E-state index >= 15 is 0 Å². The van der Waals surface area contributed by atoms with Gasteiger partial charge in [0.25, 0.3) is 6.08 Å². The van der Waals surface area contributed by atoms with Gasteiger partial charge in [-0.05, 0) is 42.3 Å². The van der Waals surface area contributed by atoms with Gasteiger partial charge in [-0.2, -0.15) is 13.9 Å². The van der Waals surface area contributed by atoms with Gasteiger partial charge in [0.15, 0.2) is 11.5 Å². The van der Waals surface area contributed by atoms with E-state index in [1.807, 2.05) is 30.3 Å². The van der Waals surface area contributed by atoms with Gasteiger partial charge in [-0.1, -0.05) is 0 Å². The smallest absolute Gasteiger partial charge is 0.343 e. The van der Waals surface area contributed by atoms with Gasteiger partial charge in [-0.3, -0.25) is 4.57 Å². The summed E-state index contributed by atoms with van der Waals surface area (Å²) in [7, 11) is 0. The third-order valence-corrected chi connectivity index (χ3v) is 5.82. The maximum Gasteiger partial charge on any atom is 0.343 e. The highest BCUT2D eigenvalue weighted by molar-refractivity contribution is 7.15. The summed E-state index contributed by atoms with van der Waals surface area (Å²) < 4.78 is 37.9. The Morgan fingerprint density at radius 1 is 1.24 bits per heavy atom. The van der Waals surface area contributed by atoms with Crippen LogP contribution in [0.15, 0.2) is 46.8 Å². The molecule has 0 bridgehead atoms. The molecule has 4 rings (SSSR count). The fraction of sp³-hybridized carbons (Fsp3) is 0.263. The first kappa shape index (κ1) is 19.3. The van der Waals surface area contributed by atoms with Gasteiger partial charge in [0.05, 0.1) is 0 Å². The molecule has 0 radical (unpaired) electrons. The van der Waals surface area contributed by atoms with Crippen LogP contribution in [0.4, 0.5) is 8.78 Å². The van der Waals surface area contributed by atoms with Gasteiger partial charge in [-0.25, -0.2) is 9.89 Å². The number of nitrogens with one attached hydrogen (secondary N) is 1. The van der Waals surface area contributed by atoms with Gasteiger partial charge in [0, 0.05) is 34.8 Å². The van der Waals surface area contributed by atoms with Crippen LogP contribution in [0.2, 0.25) is 0 Å². The van der Waals surface area contributed by atoms with E-state index in [2.05, 4.69) is 10.2 Å². The van der Waals surface area contributed by atoms with Crippen LogP contribution < -0.4 is 20.9 Å². The second kappa shape index (κ2) is 8.18. The third-order valence-electron chi connectivity index (χ3n) is 4.62. The Morgan fingerprint density at radius 3 is 2.86 bits per heavy atom. The van der Waals surface area contributed by atoms with Crippen LogP contribution in [-0.2, 0) is 19.4 Å². The molecule has 0 amide bonds. The zero-order valence-electron chi connectivity index (χ0n) is 15.3. The molecule has 0 saturated carbocycles. The number of hydrogen-bond donors (Lipinski definition) is 2. The molecule has 0 unspecified atom stereocenters. The Morgan fingerprint density at radius 2 is 2.07 bits per heavy atom. The predicted octanol–water partition coefficient (Wildman–Crippen LogP) is 2.92. The van der Waals surface area contributed by atoms with Crippen molar-refractivity contribution in [3.63, 3.8) is 0 Å². The van der Waals surface area contributed by atoms with Crippen molar-refractivity contribution in [2.75, 3.05) is 13.3 Å². The molecule has 10 heteroatoms. The maximum atomic E-state index is 12.9. The van der Waals surface area contributed by atoms with E-state index in [1.54, 1.807) is 11.3 Å². The molecule has 3 aromatic rings. The molecule has 0 atom stereocenters. The monoisotopic (exact) mass is 420 g/mol. The Balaban J connectivity index is 1.48. The molecule has 3 heterocycles. The number of H-pyrrole nitrogens is 1. The fourth-order valence-electron chi connectivity index (χ4n) is 3.06. The topological polar surface area (TPSA) is 95.2 Å². The van der Waals surface area contributed by atoms with Crippen molar-refractivity contribution in [2.24, 2.45) is 5.73 Å². The van der Waals surface area contributed by atoms with Crippen molar-refractivity contribution >= 4 is 11.3 Å². The van der Waals surface area contributed by atoms with Gasteiger partial charge in [0.1, 0.15) is 5.82 Å². The Labute approximate surface area is 168 Å². The van der Waals surface area contributed by atoms with E-state index in [9.17, 15) is 13.6 Å². The lowest BCUT2D eigenvalue weighted by Gasteiger charge is -2.06. The van der Waals surface area contributed by atoms with Crippen LogP contribution in [0.1, 0.15) is 10.7 Å². The van der Waals surface area contributed by atoms with Gasteiger partial charge in [0.2, 0.25) is 6.79 Å². The molecule has 152 valence electrons. The highest BCUT2D eigenvalue weighted by Crippen LogP contribution is 2.38. The van der Waals surface area contributed by atoms with Crippen molar-refractivity contribution in [1.82, 2.24) is 14.8 Å². The summed E-state index contributed by atoms with van der Waals surface area (Å²) in [6.45, 7) is 0.272. The van der Waals surface area contributed by atoms with Crippen molar-refractivity contribution in [1.29, 1.82) is 0 Å². The SMILES string of the molecule is NCC(Cc1n[nH]c(=O)n1CCc1ccc(-c2ccc3c(c2)OCO3)s1)=C(F)F. The number of aryl methyl sites for hydroxylation is 1. The van der Waals surface area contributed by atoms with Crippen molar-refractivity contribution in [2.45, 2.75) is 19.4 Å². The number of ether oxygens (including phenoxy) is 2. The number of fused-ring (bicyclic) bond motifs is 1. The normalized spacial score (nSPS) is 12.4. The molecule has 29 heavy (non-hydrogen) atoms. The number of hydrogen-bond acceptors (Lipinski definition) is 6. The fourth-order valence-corrected chi connectivity index (χ4v) is 4.05. The van der Waals surface area contributed by atoms with Crippen LogP contribution in [0.3, 0.4) is 0 Å². The summed E-state index contributed by atoms with van der Waals surface area (Å²) >= 11 is 1.60. The second-order valence-electron chi connectivity index (χ2n) is 6.43. The number of halogens is 2. The summed E-state index contributed by atoms with van der Waals surface area (Å²) in [6.07, 6.45) is -1.42. The summed E-state index contributed by atoms with van der Waals surface area (Å²) in [5, 5.41) is 6.19. The van der Waals surface area contributed by atoms with E-state index in [0.29, 0.717) is 13.0 Å². The quantitative estimate of drug-likeness (QED) is 0.613. The standard InChI is InChI=1S/C19H18F2N4O3S/c20-18(21)12(9-22)8-17-23-24-19(26)25(17)6-5-13-2-4-16(29-13)11-1-3-14-15(7-11)28-10-27-14/h1-4,7H,5-6,8-10,22H2,(H,24,26). The lowest BCUT2D eigenvalue weighted by molar-refractivity contribution is 0.174. The number of nitrogens with zero attached hydrogens (tertiary/aromatic N) is 2. The summed E-state index contributed by atoms with van der Waals surface area (Å²) in [6, 6.07) is 9.77. The van der Waals surface area contributed by atoms with E-state index in [4.69, 9.17) is 15.2 Å². The van der Waals surface area contributed by atoms with Crippen LogP contribution in [0.5, 0.6) is 11.5 Å². The Hall–Kier alpha value is -2.98. The van der Waals surface area contributed by atoms with E-state index in [1.165, 1.54) is 4.57 Å². The minimum Gasteiger partial charge on any atom is -0.454 e. The molecule has 0 aliphatic carbocycles. The van der Waals surface area contributed by atoms with E-state index < -0.39 is 11.8 Å². The minimum atomic E-state index is -1.83. The lowest BCUT2D eigenvalue weighted by atomic mass is 10.1. The van der Waals surface area contributed by atoms with Crippen molar-refractivity contribution in [3.8, 4) is 21.9 Å². The third kappa shape index (κ3) is 4.08. The number of nitrogens with two attached hydrogens (primary N) is 1. The molecule has 7 nitrogen and oxygen atoms in total. The van der Waals surface area contributed by atoms with Crippen molar-refractivity contribution in [3.05, 3.63) is 63.2 Å². The summed E-state index contributed by atoms with van der Waals surface area (Å²) in [4.78, 5) is 14.1. The molecular weight excluding hydrogens is 402 g/mol. The average molecular weight is 420 g/mol. The van der Waals surface area contributed by atoms with Crippen LogP contribution in [0, 0.1) is 0 Å². The van der Waals surface area contributed by atoms with E-state index in [-0.39, 0.29) is 31.2 Å². The van der Waals surface area contributed by atoms with Crippen LogP contribution >= 0.6 is 11.3 Å². The summed E-state index contributed by atoms with van der Waals surface area (Å²) in [5.74, 6) is 1.69. The highest BCUT2D eigenvalue weighted by atomic mass is 32.1. The first-order valence-corrected chi connectivity index (χ1v) is 9.72. The Bertz CT molecular complexity index is 1110. The number of aromatic amines is 1. The molecule has 1 aliphatic rings. The predicted molar refractivity (Wildman–Crippen MR) is 104 cm³/mol. The molecule has 0 spiro atoms. The molecule has 0 fully saturated rings. The van der Waals surface area contributed by atoms with Crippen LogP contribution in [-0.4, -0.2) is 28.1 Å². The molecular formula is C19H18F2N4O3S. The maximum absolute atomic E-state index is 12.9. The molecule has 0 saturated heterocycles. The zero-order chi connectivity index (χ0) is 20.4. The molecule has 3 N–H and O–H groups in total. The van der Waals surface area contributed by atoms with E-state index in [0.717, 1.165) is 26.8 Å². The minimum absolute atomic E-state index is 0.162. The zero-order valence-corrected chi connectivity index (χ0v) is 16.1. The highest BCUT2D eigenvalue weighted by Gasteiger charge is 2.16. The molecule has 1 aliphatic heterocycles. The lowest BCUT2D eigenvalue weighted by Crippen LogP contribution is -2.21. The van der Waals surface area contributed by atoms with Crippen LogP contribution in [0.25, 0.3) is 10.4 Å². The number of benzene rings is 1. The van der Waals surface area contributed by atoms with Gasteiger partial charge >= 0.3 is 5.69 Å². The number of thiophene rings is 1. The first-order chi connectivity index (χ1) is 14.0. The Kier molecular flexibility index (Phi) is 5.45. The van der Waals surface area contributed by atoms with Gasteiger partial charge < -0.3 is 15.2 Å².